The lowest BCUT2D eigenvalue weighted by atomic mass is 10.1. The number of hydrogen-bond acceptors (Lipinski definition) is 5. The van der Waals surface area contributed by atoms with Crippen LogP contribution in [0.3, 0.4) is 0 Å². The maximum atomic E-state index is 12.1. The molecule has 0 amide bonds. The first kappa shape index (κ1) is 14.5. The maximum absolute atomic E-state index is 12.1. The zero-order valence-electron chi connectivity index (χ0n) is 10.7. The quantitative estimate of drug-likeness (QED) is 0.297. The molecule has 1 aromatic rings. The van der Waals surface area contributed by atoms with Crippen molar-refractivity contribution in [1.82, 2.24) is 14.3 Å². The number of amidine groups is 1. The van der Waals surface area contributed by atoms with Gasteiger partial charge >= 0.3 is 0 Å². The fourth-order valence-corrected chi connectivity index (χ4v) is 2.65. The SMILES string of the molecule is Cc1nc(S(=O)(=O)NC(C)(C)C(N)=NO)cn1C. The van der Waals surface area contributed by atoms with Gasteiger partial charge in [-0.2, -0.15) is 4.72 Å². The summed E-state index contributed by atoms with van der Waals surface area (Å²) in [6.07, 6.45) is 1.39. The molecule has 0 bridgehead atoms. The molecule has 0 aromatic carbocycles. The van der Waals surface area contributed by atoms with Gasteiger partial charge in [-0.15, -0.1) is 0 Å². The third-order valence-corrected chi connectivity index (χ3v) is 4.03. The van der Waals surface area contributed by atoms with Crippen LogP contribution in [0.4, 0.5) is 0 Å². The van der Waals surface area contributed by atoms with E-state index in [1.54, 1.807) is 18.5 Å². The molecule has 0 radical (unpaired) electrons. The molecule has 0 aliphatic carbocycles. The summed E-state index contributed by atoms with van der Waals surface area (Å²) in [4.78, 5) is 3.92. The number of nitrogens with zero attached hydrogens (tertiary/aromatic N) is 3. The number of aromatic nitrogens is 2. The highest BCUT2D eigenvalue weighted by Crippen LogP contribution is 2.12. The number of rotatable bonds is 4. The van der Waals surface area contributed by atoms with E-state index in [-0.39, 0.29) is 10.9 Å². The lowest BCUT2D eigenvalue weighted by Crippen LogP contribution is -2.53. The summed E-state index contributed by atoms with van der Waals surface area (Å²) >= 11 is 0. The molecule has 18 heavy (non-hydrogen) atoms. The summed E-state index contributed by atoms with van der Waals surface area (Å²) in [5.41, 5.74) is 4.21. The fraction of sp³-hybridized carbons (Fsp3) is 0.556. The van der Waals surface area contributed by atoms with Crippen molar-refractivity contribution >= 4 is 15.9 Å². The van der Waals surface area contributed by atoms with E-state index in [9.17, 15) is 8.42 Å². The van der Waals surface area contributed by atoms with E-state index in [1.165, 1.54) is 20.0 Å². The van der Waals surface area contributed by atoms with Gasteiger partial charge in [0.1, 0.15) is 5.82 Å². The summed E-state index contributed by atoms with van der Waals surface area (Å²) < 4.78 is 28.0. The molecule has 1 rings (SSSR count). The second-order valence-electron chi connectivity index (χ2n) is 4.45. The molecule has 0 fully saturated rings. The zero-order valence-corrected chi connectivity index (χ0v) is 11.5. The molecule has 0 spiro atoms. The summed E-state index contributed by atoms with van der Waals surface area (Å²) in [5.74, 6) is 0.329. The highest BCUT2D eigenvalue weighted by atomic mass is 32.2. The third-order valence-electron chi connectivity index (χ3n) is 2.50. The Morgan fingerprint density at radius 3 is 2.56 bits per heavy atom. The molecule has 0 aliphatic heterocycles. The molecule has 0 saturated heterocycles. The Morgan fingerprint density at radius 1 is 1.61 bits per heavy atom. The Labute approximate surface area is 106 Å². The Morgan fingerprint density at radius 2 is 2.17 bits per heavy atom. The van der Waals surface area contributed by atoms with Gasteiger partial charge < -0.3 is 15.5 Å². The first-order valence-corrected chi connectivity index (χ1v) is 6.60. The van der Waals surface area contributed by atoms with Crippen molar-refractivity contribution in [1.29, 1.82) is 0 Å². The van der Waals surface area contributed by atoms with E-state index < -0.39 is 15.6 Å². The summed E-state index contributed by atoms with van der Waals surface area (Å²) in [6.45, 7) is 4.65. The van der Waals surface area contributed by atoms with Gasteiger partial charge in [-0.05, 0) is 20.8 Å². The minimum absolute atomic E-state index is 0.110. The normalized spacial score (nSPS) is 13.9. The summed E-state index contributed by atoms with van der Waals surface area (Å²) in [5, 5.41) is 11.3. The van der Waals surface area contributed by atoms with E-state index in [0.717, 1.165) is 0 Å². The first-order chi connectivity index (χ1) is 8.10. The molecule has 0 atom stereocenters. The number of imidazole rings is 1. The molecule has 1 aromatic heterocycles. The van der Waals surface area contributed by atoms with E-state index in [1.807, 2.05) is 0 Å². The van der Waals surface area contributed by atoms with E-state index in [0.29, 0.717) is 5.82 Å². The molecule has 8 nitrogen and oxygen atoms in total. The highest BCUT2D eigenvalue weighted by Gasteiger charge is 2.31. The molecule has 0 saturated carbocycles. The maximum Gasteiger partial charge on any atom is 0.260 e. The Balaban J connectivity index is 3.10. The first-order valence-electron chi connectivity index (χ1n) is 5.12. The van der Waals surface area contributed by atoms with Crippen LogP contribution in [0.5, 0.6) is 0 Å². The highest BCUT2D eigenvalue weighted by molar-refractivity contribution is 7.89. The number of hydrogen-bond donors (Lipinski definition) is 3. The van der Waals surface area contributed by atoms with Crippen molar-refractivity contribution in [3.8, 4) is 0 Å². The predicted molar refractivity (Wildman–Crippen MR) is 65.8 cm³/mol. The molecular formula is C9H17N5O3S. The van der Waals surface area contributed by atoms with Crippen molar-refractivity contribution in [2.45, 2.75) is 31.3 Å². The Hall–Kier alpha value is -1.61. The van der Waals surface area contributed by atoms with Crippen LogP contribution in [0.15, 0.2) is 16.4 Å². The molecule has 0 unspecified atom stereocenters. The van der Waals surface area contributed by atoms with Crippen LogP contribution < -0.4 is 10.5 Å². The van der Waals surface area contributed by atoms with Gasteiger partial charge in [0.25, 0.3) is 10.0 Å². The zero-order chi connectivity index (χ0) is 14.1. The van der Waals surface area contributed by atoms with Crippen LogP contribution in [0.25, 0.3) is 0 Å². The predicted octanol–water partition coefficient (Wildman–Crippen LogP) is -0.468. The molecule has 102 valence electrons. The summed E-state index contributed by atoms with van der Waals surface area (Å²) in [7, 11) is -2.14. The molecule has 9 heteroatoms. The van der Waals surface area contributed by atoms with Gasteiger partial charge in [0.2, 0.25) is 0 Å². The van der Waals surface area contributed by atoms with Crippen LogP contribution in [0, 0.1) is 6.92 Å². The van der Waals surface area contributed by atoms with Crippen LogP contribution in [-0.4, -0.2) is 34.6 Å². The van der Waals surface area contributed by atoms with Gasteiger partial charge in [0.15, 0.2) is 10.9 Å². The standard InChI is InChI=1S/C9H17N5O3S/c1-6-11-7(5-14(6)4)18(16,17)13-9(2,3)8(10)12-15/h5,13,15H,1-4H3,(H2,10,12). The van der Waals surface area contributed by atoms with Gasteiger partial charge in [-0.1, -0.05) is 5.16 Å². The second kappa shape index (κ2) is 4.58. The molecule has 1 heterocycles. The average Bonchev–Trinajstić information content (AvgIpc) is 2.57. The number of nitrogens with two attached hydrogens (primary N) is 1. The number of aryl methyl sites for hydroxylation is 2. The number of sulfonamides is 1. The van der Waals surface area contributed by atoms with Gasteiger partial charge in [0, 0.05) is 13.2 Å². The van der Waals surface area contributed by atoms with Crippen molar-refractivity contribution in [3.05, 3.63) is 12.0 Å². The number of oxime groups is 1. The summed E-state index contributed by atoms with van der Waals surface area (Å²) in [6, 6.07) is 0. The van der Waals surface area contributed by atoms with E-state index in [2.05, 4.69) is 14.9 Å². The van der Waals surface area contributed by atoms with Crippen molar-refractivity contribution in [2.75, 3.05) is 0 Å². The topological polar surface area (TPSA) is 123 Å². The van der Waals surface area contributed by atoms with E-state index in [4.69, 9.17) is 10.9 Å². The van der Waals surface area contributed by atoms with Gasteiger partial charge in [-0.3, -0.25) is 0 Å². The second-order valence-corrected chi connectivity index (χ2v) is 6.08. The Kier molecular flexibility index (Phi) is 3.67. The lowest BCUT2D eigenvalue weighted by Gasteiger charge is -2.23. The van der Waals surface area contributed by atoms with Crippen LogP contribution in [0.1, 0.15) is 19.7 Å². The third kappa shape index (κ3) is 2.79. The fourth-order valence-electron chi connectivity index (χ4n) is 1.22. The minimum Gasteiger partial charge on any atom is -0.409 e. The lowest BCUT2D eigenvalue weighted by molar-refractivity contribution is 0.312. The molecule has 0 aliphatic rings. The minimum atomic E-state index is -3.83. The largest absolute Gasteiger partial charge is 0.409 e. The van der Waals surface area contributed by atoms with Crippen molar-refractivity contribution in [3.63, 3.8) is 0 Å². The molecule has 4 N–H and O–H groups in total. The molecular weight excluding hydrogens is 258 g/mol. The van der Waals surface area contributed by atoms with Crippen LogP contribution in [0.2, 0.25) is 0 Å². The smallest absolute Gasteiger partial charge is 0.260 e. The average molecular weight is 275 g/mol. The van der Waals surface area contributed by atoms with Crippen LogP contribution >= 0.6 is 0 Å². The monoisotopic (exact) mass is 275 g/mol. The van der Waals surface area contributed by atoms with Gasteiger partial charge in [-0.25, -0.2) is 13.4 Å². The van der Waals surface area contributed by atoms with Crippen molar-refractivity contribution < 1.29 is 13.6 Å². The van der Waals surface area contributed by atoms with Gasteiger partial charge in [0.05, 0.1) is 5.54 Å². The van der Waals surface area contributed by atoms with E-state index >= 15 is 0 Å². The Bertz CT molecular complexity index is 554. The van der Waals surface area contributed by atoms with Crippen molar-refractivity contribution in [2.24, 2.45) is 17.9 Å². The van der Waals surface area contributed by atoms with Crippen LogP contribution in [-0.2, 0) is 17.1 Å². The number of nitrogens with one attached hydrogen (secondary N) is 1.